The Labute approximate surface area is 193 Å². The molecule has 0 unspecified atom stereocenters. The van der Waals surface area contributed by atoms with Crippen LogP contribution in [0.1, 0.15) is 0 Å². The number of pyridine rings is 1. The van der Waals surface area contributed by atoms with E-state index in [2.05, 4.69) is 54.6 Å². The highest BCUT2D eigenvalue weighted by Crippen LogP contribution is 2.32. The first-order valence-electron chi connectivity index (χ1n) is 11.0. The van der Waals surface area contributed by atoms with E-state index in [-0.39, 0.29) is 0 Å². The molecule has 0 spiro atoms. The Balaban J connectivity index is 1.31. The number of fused-ring (bicyclic) bond motifs is 1. The van der Waals surface area contributed by atoms with Gasteiger partial charge in [-0.2, -0.15) is 4.98 Å². The lowest BCUT2D eigenvalue weighted by Crippen LogP contribution is -2.44. The molecule has 8 heteroatoms. The first-order valence-corrected chi connectivity index (χ1v) is 11.0. The second-order valence-corrected chi connectivity index (χ2v) is 8.11. The van der Waals surface area contributed by atoms with E-state index in [1.165, 1.54) is 0 Å². The lowest BCUT2D eigenvalue weighted by Gasteiger charge is -2.34. The van der Waals surface area contributed by atoms with Gasteiger partial charge in [0.1, 0.15) is 11.6 Å². The van der Waals surface area contributed by atoms with Crippen LogP contribution in [0.15, 0.2) is 67.0 Å². The maximum Gasteiger partial charge on any atom is 0.229 e. The van der Waals surface area contributed by atoms with Crippen molar-refractivity contribution >= 4 is 39.7 Å². The molecule has 3 heterocycles. The summed E-state index contributed by atoms with van der Waals surface area (Å²) in [6.07, 6.45) is 3.53. The van der Waals surface area contributed by atoms with Crippen LogP contribution in [-0.4, -0.2) is 60.2 Å². The molecule has 0 radical (unpaired) electrons. The van der Waals surface area contributed by atoms with Gasteiger partial charge in [0.15, 0.2) is 0 Å². The quantitative estimate of drug-likeness (QED) is 0.459. The minimum absolute atomic E-state index is 0.503. The predicted octanol–water partition coefficient (Wildman–Crippen LogP) is 4.27. The molecule has 1 saturated heterocycles. The van der Waals surface area contributed by atoms with Crippen molar-refractivity contribution in [3.63, 3.8) is 0 Å². The van der Waals surface area contributed by atoms with Crippen molar-refractivity contribution < 1.29 is 4.74 Å². The van der Waals surface area contributed by atoms with E-state index in [0.29, 0.717) is 11.8 Å². The van der Waals surface area contributed by atoms with Gasteiger partial charge in [0.2, 0.25) is 5.95 Å². The number of piperazine rings is 1. The number of para-hydroxylation sites is 1. The molecule has 33 heavy (non-hydrogen) atoms. The number of aromatic nitrogens is 3. The topological polar surface area (TPSA) is 78.4 Å². The van der Waals surface area contributed by atoms with Crippen LogP contribution in [0.3, 0.4) is 0 Å². The number of hydrogen-bond donors (Lipinski definition) is 2. The van der Waals surface area contributed by atoms with Crippen LogP contribution in [-0.2, 0) is 0 Å². The minimum atomic E-state index is 0.503. The fourth-order valence-corrected chi connectivity index (χ4v) is 3.97. The van der Waals surface area contributed by atoms with Crippen molar-refractivity contribution in [3.8, 4) is 5.75 Å². The number of methoxy groups -OCH3 is 1. The summed E-state index contributed by atoms with van der Waals surface area (Å²) in [5, 5.41) is 7.67. The molecule has 2 N–H and O–H groups in total. The van der Waals surface area contributed by atoms with Gasteiger partial charge in [-0.15, -0.1) is 0 Å². The van der Waals surface area contributed by atoms with Crippen LogP contribution in [0.4, 0.5) is 28.8 Å². The molecule has 1 aliphatic rings. The van der Waals surface area contributed by atoms with E-state index in [0.717, 1.165) is 59.9 Å². The predicted molar refractivity (Wildman–Crippen MR) is 133 cm³/mol. The van der Waals surface area contributed by atoms with Gasteiger partial charge in [-0.1, -0.05) is 18.2 Å². The number of hydrogen-bond acceptors (Lipinski definition) is 8. The van der Waals surface area contributed by atoms with E-state index in [9.17, 15) is 0 Å². The van der Waals surface area contributed by atoms with E-state index in [4.69, 9.17) is 4.74 Å². The van der Waals surface area contributed by atoms with Crippen molar-refractivity contribution in [2.24, 2.45) is 0 Å². The highest BCUT2D eigenvalue weighted by molar-refractivity contribution is 5.82. The molecule has 8 nitrogen and oxygen atoms in total. The normalized spacial score (nSPS) is 14.3. The number of nitrogens with one attached hydrogen (secondary N) is 2. The molecule has 5 rings (SSSR count). The monoisotopic (exact) mass is 441 g/mol. The molecule has 0 atom stereocenters. The number of anilines is 5. The number of benzene rings is 2. The number of nitrogens with zero attached hydrogens (tertiary/aromatic N) is 5. The Kier molecular flexibility index (Phi) is 5.91. The molecule has 4 aromatic rings. The first kappa shape index (κ1) is 21.0. The van der Waals surface area contributed by atoms with Crippen LogP contribution in [0.5, 0.6) is 5.75 Å². The van der Waals surface area contributed by atoms with Gasteiger partial charge >= 0.3 is 0 Å². The fraction of sp³-hybridized carbons (Fsp3) is 0.240. The van der Waals surface area contributed by atoms with Crippen LogP contribution in [0.2, 0.25) is 0 Å². The van der Waals surface area contributed by atoms with Crippen molar-refractivity contribution in [2.45, 2.75) is 0 Å². The fourth-order valence-electron chi connectivity index (χ4n) is 3.97. The molecule has 2 aromatic carbocycles. The van der Waals surface area contributed by atoms with Crippen LogP contribution in [0.25, 0.3) is 10.9 Å². The number of ether oxygens (including phenoxy) is 1. The maximum atomic E-state index is 5.69. The molecule has 1 fully saturated rings. The van der Waals surface area contributed by atoms with Crippen LogP contribution < -0.4 is 20.3 Å². The van der Waals surface area contributed by atoms with Gasteiger partial charge in [-0.25, -0.2) is 4.98 Å². The Morgan fingerprint density at radius 1 is 0.879 bits per heavy atom. The Bertz CT molecular complexity index is 1250. The summed E-state index contributed by atoms with van der Waals surface area (Å²) in [5.74, 6) is 2.02. The number of rotatable bonds is 6. The lowest BCUT2D eigenvalue weighted by molar-refractivity contribution is 0.311. The molecule has 0 aliphatic carbocycles. The Morgan fingerprint density at radius 3 is 2.58 bits per heavy atom. The van der Waals surface area contributed by atoms with Gasteiger partial charge in [0, 0.05) is 49.5 Å². The van der Waals surface area contributed by atoms with E-state index < -0.39 is 0 Å². The van der Waals surface area contributed by atoms with Crippen molar-refractivity contribution in [1.82, 2.24) is 19.9 Å². The standard InChI is InChI=1S/C25H27N7O/c1-31-11-13-32(14-12-31)22-8-7-19(16-23(22)33-2)29-25-26-10-9-24(30-25)28-20-15-18-5-3-4-6-21(18)27-17-20/h3-10,15-17H,11-14H2,1-2H3,(H2,26,28,29,30). The minimum Gasteiger partial charge on any atom is -0.495 e. The zero-order valence-corrected chi connectivity index (χ0v) is 18.8. The molecule has 2 aromatic heterocycles. The summed E-state index contributed by atoms with van der Waals surface area (Å²) in [7, 11) is 3.86. The second kappa shape index (κ2) is 9.30. The lowest BCUT2D eigenvalue weighted by atomic mass is 10.2. The summed E-state index contributed by atoms with van der Waals surface area (Å²) in [6, 6.07) is 18.0. The Morgan fingerprint density at radius 2 is 1.73 bits per heavy atom. The van der Waals surface area contributed by atoms with Gasteiger partial charge in [-0.3, -0.25) is 4.98 Å². The zero-order chi connectivity index (χ0) is 22.6. The molecule has 1 aliphatic heterocycles. The van der Waals surface area contributed by atoms with Gasteiger partial charge in [0.25, 0.3) is 0 Å². The third-order valence-electron chi connectivity index (χ3n) is 5.80. The molecule has 0 bridgehead atoms. The summed E-state index contributed by atoms with van der Waals surface area (Å²) in [6.45, 7) is 4.06. The molecular weight excluding hydrogens is 414 g/mol. The van der Waals surface area contributed by atoms with E-state index in [1.807, 2.05) is 42.5 Å². The van der Waals surface area contributed by atoms with E-state index >= 15 is 0 Å². The van der Waals surface area contributed by atoms with Crippen molar-refractivity contribution in [1.29, 1.82) is 0 Å². The second-order valence-electron chi connectivity index (χ2n) is 8.11. The largest absolute Gasteiger partial charge is 0.495 e. The van der Waals surface area contributed by atoms with Gasteiger partial charge < -0.3 is 25.2 Å². The smallest absolute Gasteiger partial charge is 0.229 e. The average molecular weight is 442 g/mol. The highest BCUT2D eigenvalue weighted by Gasteiger charge is 2.18. The summed E-state index contributed by atoms with van der Waals surface area (Å²) < 4.78 is 5.69. The average Bonchev–Trinajstić information content (AvgIpc) is 2.85. The van der Waals surface area contributed by atoms with Crippen molar-refractivity contribution in [2.75, 3.05) is 55.9 Å². The zero-order valence-electron chi connectivity index (χ0n) is 18.8. The third kappa shape index (κ3) is 4.80. The molecule has 0 saturated carbocycles. The van der Waals surface area contributed by atoms with Crippen LogP contribution >= 0.6 is 0 Å². The Hall–Kier alpha value is -3.91. The third-order valence-corrected chi connectivity index (χ3v) is 5.80. The summed E-state index contributed by atoms with van der Waals surface area (Å²) in [4.78, 5) is 18.2. The molecule has 0 amide bonds. The van der Waals surface area contributed by atoms with Gasteiger partial charge in [0.05, 0.1) is 30.2 Å². The van der Waals surface area contributed by atoms with Crippen molar-refractivity contribution in [3.05, 3.63) is 67.0 Å². The summed E-state index contributed by atoms with van der Waals surface area (Å²) >= 11 is 0. The molecule has 168 valence electrons. The first-order chi connectivity index (χ1) is 16.2. The number of likely N-dealkylation sites (N-methyl/N-ethyl adjacent to an activating group) is 1. The van der Waals surface area contributed by atoms with Gasteiger partial charge in [-0.05, 0) is 37.4 Å². The van der Waals surface area contributed by atoms with E-state index in [1.54, 1.807) is 19.5 Å². The van der Waals surface area contributed by atoms with Crippen LogP contribution in [0, 0.1) is 0 Å². The highest BCUT2D eigenvalue weighted by atomic mass is 16.5. The summed E-state index contributed by atoms with van der Waals surface area (Å²) in [5.41, 5.74) is 3.81. The maximum absolute atomic E-state index is 5.69. The molecular formula is C25H27N7O. The SMILES string of the molecule is COc1cc(Nc2nccc(Nc3cnc4ccccc4c3)n2)ccc1N1CCN(C)CC1.